The quantitative estimate of drug-likeness (QED) is 0.712. The molecule has 1 amide bonds. The molecule has 0 radical (unpaired) electrons. The topological polar surface area (TPSA) is 116 Å². The van der Waals surface area contributed by atoms with Gasteiger partial charge in [0.2, 0.25) is 15.9 Å². The summed E-state index contributed by atoms with van der Waals surface area (Å²) >= 11 is 0. The summed E-state index contributed by atoms with van der Waals surface area (Å²) in [5, 5.41) is 0. The monoisotopic (exact) mass is 299 g/mol. The lowest BCUT2D eigenvalue weighted by molar-refractivity contribution is -0.125. The summed E-state index contributed by atoms with van der Waals surface area (Å²) < 4.78 is 31.0. The summed E-state index contributed by atoms with van der Waals surface area (Å²) in [6.45, 7) is 0.365. The Morgan fingerprint density at radius 1 is 1.45 bits per heavy atom. The number of carbonyl (C=O) groups is 1. The number of nitrogen functional groups attached to an aromatic ring is 1. The average Bonchev–Trinajstić information content (AvgIpc) is 2.38. The molecule has 1 fully saturated rings. The number of amides is 1. The molecule has 20 heavy (non-hydrogen) atoms. The number of rotatable bonds is 4. The van der Waals surface area contributed by atoms with Crippen molar-refractivity contribution >= 4 is 21.6 Å². The molecule has 1 atom stereocenters. The van der Waals surface area contributed by atoms with Crippen molar-refractivity contribution in [1.29, 1.82) is 0 Å². The zero-order valence-electron chi connectivity index (χ0n) is 10.9. The van der Waals surface area contributed by atoms with Gasteiger partial charge in [0.25, 0.3) is 0 Å². The van der Waals surface area contributed by atoms with E-state index in [2.05, 4.69) is 0 Å². The largest absolute Gasteiger partial charge is 0.399 e. The lowest BCUT2D eigenvalue weighted by Crippen LogP contribution is -2.54. The van der Waals surface area contributed by atoms with E-state index in [1.807, 2.05) is 0 Å². The molecule has 0 aliphatic carbocycles. The van der Waals surface area contributed by atoms with Crippen LogP contribution < -0.4 is 11.5 Å². The van der Waals surface area contributed by atoms with Crippen LogP contribution in [-0.2, 0) is 25.3 Å². The summed E-state index contributed by atoms with van der Waals surface area (Å²) in [7, 11) is -3.65. The molecule has 0 spiro atoms. The minimum absolute atomic E-state index is 0.00844. The van der Waals surface area contributed by atoms with Crippen molar-refractivity contribution in [3.05, 3.63) is 29.8 Å². The van der Waals surface area contributed by atoms with E-state index in [0.29, 0.717) is 11.3 Å². The van der Waals surface area contributed by atoms with E-state index in [-0.39, 0.29) is 25.5 Å². The van der Waals surface area contributed by atoms with Gasteiger partial charge < -0.3 is 16.2 Å². The Morgan fingerprint density at radius 2 is 2.20 bits per heavy atom. The van der Waals surface area contributed by atoms with Gasteiger partial charge in [-0.05, 0) is 17.7 Å². The number of carbonyl (C=O) groups excluding carboxylic acids is 1. The second-order valence-electron chi connectivity index (χ2n) is 4.61. The molecular formula is C12H17N3O4S. The van der Waals surface area contributed by atoms with Crippen molar-refractivity contribution in [3.8, 4) is 0 Å². The molecule has 1 unspecified atom stereocenters. The van der Waals surface area contributed by atoms with E-state index in [0.717, 1.165) is 4.31 Å². The van der Waals surface area contributed by atoms with Gasteiger partial charge in [0.1, 0.15) is 6.04 Å². The smallest absolute Gasteiger partial charge is 0.238 e. The van der Waals surface area contributed by atoms with Crippen LogP contribution in [0.5, 0.6) is 0 Å². The van der Waals surface area contributed by atoms with Gasteiger partial charge in [-0.1, -0.05) is 12.1 Å². The molecule has 1 aliphatic heterocycles. The van der Waals surface area contributed by atoms with Crippen molar-refractivity contribution in [3.63, 3.8) is 0 Å². The minimum atomic E-state index is -3.65. The van der Waals surface area contributed by atoms with Crippen LogP contribution in [0.15, 0.2) is 24.3 Å². The lowest BCUT2D eigenvalue weighted by atomic mass is 10.2. The molecule has 2 rings (SSSR count). The fourth-order valence-electron chi connectivity index (χ4n) is 2.12. The molecule has 110 valence electrons. The number of anilines is 1. The third kappa shape index (κ3) is 3.27. The Labute approximate surface area is 117 Å². The van der Waals surface area contributed by atoms with Crippen LogP contribution in [0.4, 0.5) is 5.69 Å². The number of morpholine rings is 1. The van der Waals surface area contributed by atoms with Crippen LogP contribution in [0.3, 0.4) is 0 Å². The number of hydrogen-bond acceptors (Lipinski definition) is 5. The number of nitrogens with two attached hydrogens (primary N) is 2. The van der Waals surface area contributed by atoms with Gasteiger partial charge >= 0.3 is 0 Å². The molecule has 8 heteroatoms. The normalized spacial score (nSPS) is 20.7. The SMILES string of the molecule is NC(=O)C1COCCN1S(=O)(=O)Cc1cccc(N)c1. The van der Waals surface area contributed by atoms with Gasteiger partial charge in [-0.15, -0.1) is 0 Å². The highest BCUT2D eigenvalue weighted by Crippen LogP contribution is 2.18. The summed E-state index contributed by atoms with van der Waals surface area (Å²) in [4.78, 5) is 11.3. The van der Waals surface area contributed by atoms with Crippen LogP contribution in [0.1, 0.15) is 5.56 Å². The summed E-state index contributed by atoms with van der Waals surface area (Å²) in [5.74, 6) is -0.928. The van der Waals surface area contributed by atoms with Gasteiger partial charge in [-0.2, -0.15) is 4.31 Å². The highest BCUT2D eigenvalue weighted by atomic mass is 32.2. The summed E-state index contributed by atoms with van der Waals surface area (Å²) in [6, 6.07) is 5.68. The predicted molar refractivity (Wildman–Crippen MR) is 74.0 cm³/mol. The molecule has 1 aromatic carbocycles. The Kier molecular flexibility index (Phi) is 4.26. The number of sulfonamides is 1. The van der Waals surface area contributed by atoms with E-state index < -0.39 is 22.0 Å². The predicted octanol–water partition coefficient (Wildman–Crippen LogP) is -0.715. The van der Waals surface area contributed by atoms with Gasteiger partial charge in [-0.25, -0.2) is 8.42 Å². The van der Waals surface area contributed by atoms with Gasteiger partial charge in [-0.3, -0.25) is 4.79 Å². The van der Waals surface area contributed by atoms with Crippen LogP contribution in [0.25, 0.3) is 0 Å². The fourth-order valence-corrected chi connectivity index (χ4v) is 3.79. The Hall–Kier alpha value is -1.64. The maximum absolute atomic E-state index is 12.4. The summed E-state index contributed by atoms with van der Waals surface area (Å²) in [5.41, 5.74) is 11.9. The maximum Gasteiger partial charge on any atom is 0.238 e. The molecule has 1 saturated heterocycles. The van der Waals surface area contributed by atoms with Gasteiger partial charge in [0.05, 0.1) is 19.0 Å². The highest BCUT2D eigenvalue weighted by Gasteiger charge is 2.36. The first-order valence-electron chi connectivity index (χ1n) is 6.11. The Balaban J connectivity index is 2.22. The first-order chi connectivity index (χ1) is 9.40. The lowest BCUT2D eigenvalue weighted by Gasteiger charge is -2.32. The van der Waals surface area contributed by atoms with E-state index in [9.17, 15) is 13.2 Å². The van der Waals surface area contributed by atoms with Crippen molar-refractivity contribution in [1.82, 2.24) is 4.31 Å². The van der Waals surface area contributed by atoms with Crippen molar-refractivity contribution < 1.29 is 17.9 Å². The molecule has 1 heterocycles. The first-order valence-corrected chi connectivity index (χ1v) is 7.72. The molecule has 7 nitrogen and oxygen atoms in total. The van der Waals surface area contributed by atoms with Crippen molar-refractivity contribution in [2.24, 2.45) is 5.73 Å². The van der Waals surface area contributed by atoms with Crippen LogP contribution in [0, 0.1) is 0 Å². The average molecular weight is 299 g/mol. The molecule has 0 aromatic heterocycles. The molecule has 1 aromatic rings. The molecule has 4 N–H and O–H groups in total. The number of ether oxygens (including phenoxy) is 1. The van der Waals surface area contributed by atoms with Crippen LogP contribution >= 0.6 is 0 Å². The number of benzene rings is 1. The minimum Gasteiger partial charge on any atom is -0.399 e. The zero-order chi connectivity index (χ0) is 14.8. The van der Waals surface area contributed by atoms with E-state index >= 15 is 0 Å². The molecule has 0 saturated carbocycles. The van der Waals surface area contributed by atoms with E-state index in [1.165, 1.54) is 0 Å². The number of nitrogens with zero attached hydrogens (tertiary/aromatic N) is 1. The molecule has 0 bridgehead atoms. The van der Waals surface area contributed by atoms with Gasteiger partial charge in [0.15, 0.2) is 0 Å². The highest BCUT2D eigenvalue weighted by molar-refractivity contribution is 7.88. The molecule has 1 aliphatic rings. The molecular weight excluding hydrogens is 282 g/mol. The van der Waals surface area contributed by atoms with Crippen LogP contribution in [0.2, 0.25) is 0 Å². The fraction of sp³-hybridized carbons (Fsp3) is 0.417. The standard InChI is InChI=1S/C12H17N3O4S/c13-10-3-1-2-9(6-10)8-20(17,18)15-4-5-19-7-11(15)12(14)16/h1-3,6,11H,4-5,7-8,13H2,(H2,14,16). The zero-order valence-corrected chi connectivity index (χ0v) is 11.7. The van der Waals surface area contributed by atoms with Crippen LogP contribution in [-0.4, -0.2) is 44.4 Å². The third-order valence-corrected chi connectivity index (χ3v) is 4.91. The summed E-state index contributed by atoms with van der Waals surface area (Å²) in [6.07, 6.45) is 0. The van der Waals surface area contributed by atoms with E-state index in [4.69, 9.17) is 16.2 Å². The van der Waals surface area contributed by atoms with Gasteiger partial charge in [0, 0.05) is 12.2 Å². The van der Waals surface area contributed by atoms with Crippen molar-refractivity contribution in [2.75, 3.05) is 25.5 Å². The third-order valence-electron chi connectivity index (χ3n) is 3.07. The maximum atomic E-state index is 12.4. The number of primary amides is 1. The number of hydrogen-bond donors (Lipinski definition) is 2. The first kappa shape index (κ1) is 14.8. The second-order valence-corrected chi connectivity index (χ2v) is 6.53. The van der Waals surface area contributed by atoms with E-state index in [1.54, 1.807) is 24.3 Å². The Bertz CT molecular complexity index is 602. The second kappa shape index (κ2) is 5.78. The Morgan fingerprint density at radius 3 is 2.85 bits per heavy atom. The van der Waals surface area contributed by atoms with Crippen molar-refractivity contribution in [2.45, 2.75) is 11.8 Å².